The van der Waals surface area contributed by atoms with E-state index in [1.165, 1.54) is 13.0 Å². The average molecular weight is 298 g/mol. The van der Waals surface area contributed by atoms with Crippen LogP contribution in [0.4, 0.5) is 4.39 Å². The average Bonchev–Trinajstić information content (AvgIpc) is 1.96. The molecule has 1 aromatic carbocycles. The summed E-state index contributed by atoms with van der Waals surface area (Å²) in [6, 6.07) is 2.60. The standard InChI is InChI=1S/C8H5ClFIO/c1-4(12)5-2-7(10)6(9)3-8(5)11/h2-3H,1H3. The Balaban J connectivity index is 3.33. The Morgan fingerprint density at radius 1 is 1.58 bits per heavy atom. The third kappa shape index (κ3) is 1.95. The van der Waals surface area contributed by atoms with Gasteiger partial charge in [0.1, 0.15) is 5.82 Å². The van der Waals surface area contributed by atoms with Crippen LogP contribution in [-0.4, -0.2) is 5.78 Å². The van der Waals surface area contributed by atoms with E-state index in [4.69, 9.17) is 11.6 Å². The van der Waals surface area contributed by atoms with Crippen LogP contribution in [0.3, 0.4) is 0 Å². The minimum absolute atomic E-state index is 0.0457. The van der Waals surface area contributed by atoms with Crippen LogP contribution in [0.15, 0.2) is 12.1 Å². The highest BCUT2D eigenvalue weighted by Crippen LogP contribution is 2.21. The summed E-state index contributed by atoms with van der Waals surface area (Å²) >= 11 is 7.45. The van der Waals surface area contributed by atoms with Gasteiger partial charge in [-0.2, -0.15) is 0 Å². The summed E-state index contributed by atoms with van der Waals surface area (Å²) in [5.41, 5.74) is 0.373. The van der Waals surface area contributed by atoms with E-state index in [0.29, 0.717) is 9.13 Å². The van der Waals surface area contributed by atoms with E-state index in [0.717, 1.165) is 6.07 Å². The molecule has 0 aromatic heterocycles. The minimum atomic E-state index is -0.553. The van der Waals surface area contributed by atoms with Crippen LogP contribution in [-0.2, 0) is 0 Å². The predicted octanol–water partition coefficient (Wildman–Crippen LogP) is 3.29. The molecule has 0 saturated carbocycles. The highest BCUT2D eigenvalue weighted by molar-refractivity contribution is 14.1. The molecule has 1 nitrogen and oxygen atoms in total. The first-order valence-corrected chi connectivity index (χ1v) is 4.63. The van der Waals surface area contributed by atoms with Crippen molar-refractivity contribution in [1.82, 2.24) is 0 Å². The van der Waals surface area contributed by atoms with Gasteiger partial charge in [0, 0.05) is 9.13 Å². The molecule has 0 bridgehead atoms. The summed E-state index contributed by atoms with van der Waals surface area (Å²) in [6.45, 7) is 1.39. The SMILES string of the molecule is CC(=O)c1cc(F)c(Cl)cc1I. The van der Waals surface area contributed by atoms with Gasteiger partial charge in [0.25, 0.3) is 0 Å². The topological polar surface area (TPSA) is 17.1 Å². The normalized spacial score (nSPS) is 10.0. The van der Waals surface area contributed by atoms with E-state index in [1.54, 1.807) is 0 Å². The summed E-state index contributed by atoms with van der Waals surface area (Å²) in [5.74, 6) is -0.711. The largest absolute Gasteiger partial charge is 0.294 e. The molecule has 0 spiro atoms. The molecule has 0 fully saturated rings. The van der Waals surface area contributed by atoms with Crippen molar-refractivity contribution in [3.8, 4) is 0 Å². The number of hydrogen-bond donors (Lipinski definition) is 0. The molecule has 0 N–H and O–H groups in total. The molecule has 64 valence electrons. The summed E-state index contributed by atoms with van der Waals surface area (Å²) in [7, 11) is 0. The number of hydrogen-bond acceptors (Lipinski definition) is 1. The van der Waals surface area contributed by atoms with Crippen LogP contribution in [0, 0.1) is 9.39 Å². The van der Waals surface area contributed by atoms with Crippen LogP contribution in [0.5, 0.6) is 0 Å². The zero-order chi connectivity index (χ0) is 9.30. The molecule has 0 aliphatic carbocycles. The number of Topliss-reactive ketones (excluding diaryl/α,β-unsaturated/α-hetero) is 1. The van der Waals surface area contributed by atoms with Gasteiger partial charge in [0.2, 0.25) is 0 Å². The van der Waals surface area contributed by atoms with Crippen LogP contribution in [0.1, 0.15) is 17.3 Å². The van der Waals surface area contributed by atoms with Crippen molar-refractivity contribution in [2.75, 3.05) is 0 Å². The van der Waals surface area contributed by atoms with E-state index in [9.17, 15) is 9.18 Å². The van der Waals surface area contributed by atoms with Crippen molar-refractivity contribution in [2.45, 2.75) is 6.92 Å². The molecule has 0 heterocycles. The maximum absolute atomic E-state index is 12.8. The molecule has 0 amide bonds. The smallest absolute Gasteiger partial charge is 0.160 e. The monoisotopic (exact) mass is 298 g/mol. The second-order valence-corrected chi connectivity index (χ2v) is 3.87. The minimum Gasteiger partial charge on any atom is -0.294 e. The first-order valence-electron chi connectivity index (χ1n) is 3.18. The first kappa shape index (κ1) is 9.92. The van der Waals surface area contributed by atoms with Gasteiger partial charge in [-0.3, -0.25) is 4.79 Å². The van der Waals surface area contributed by atoms with E-state index in [-0.39, 0.29) is 10.8 Å². The number of halogens is 3. The van der Waals surface area contributed by atoms with Gasteiger partial charge in [-0.25, -0.2) is 4.39 Å². The van der Waals surface area contributed by atoms with Crippen LogP contribution in [0.2, 0.25) is 5.02 Å². The van der Waals surface area contributed by atoms with Gasteiger partial charge in [-0.05, 0) is 41.6 Å². The van der Waals surface area contributed by atoms with E-state index in [2.05, 4.69) is 0 Å². The number of carbonyl (C=O) groups is 1. The van der Waals surface area contributed by atoms with Gasteiger partial charge >= 0.3 is 0 Å². The second-order valence-electron chi connectivity index (χ2n) is 2.30. The molecule has 4 heteroatoms. The van der Waals surface area contributed by atoms with Crippen molar-refractivity contribution in [3.63, 3.8) is 0 Å². The molecule has 0 saturated heterocycles. The molecule has 0 aliphatic rings. The Morgan fingerprint density at radius 2 is 2.17 bits per heavy atom. The maximum atomic E-state index is 12.8. The molecule has 1 aromatic rings. The molecular formula is C8H5ClFIO. The van der Waals surface area contributed by atoms with Crippen molar-refractivity contribution >= 4 is 40.0 Å². The number of rotatable bonds is 1. The maximum Gasteiger partial charge on any atom is 0.160 e. The van der Waals surface area contributed by atoms with Crippen LogP contribution in [0.25, 0.3) is 0 Å². The third-order valence-corrected chi connectivity index (χ3v) is 2.57. The zero-order valence-corrected chi connectivity index (χ0v) is 9.11. The predicted molar refractivity (Wildman–Crippen MR) is 54.1 cm³/mol. The Kier molecular flexibility index (Phi) is 3.06. The van der Waals surface area contributed by atoms with Gasteiger partial charge in [-0.15, -0.1) is 0 Å². The fourth-order valence-corrected chi connectivity index (χ4v) is 1.99. The quantitative estimate of drug-likeness (QED) is 0.442. The summed E-state index contributed by atoms with van der Waals surface area (Å²) in [4.78, 5) is 10.9. The molecule has 0 radical (unpaired) electrons. The summed E-state index contributed by atoms with van der Waals surface area (Å²) in [6.07, 6.45) is 0. The first-order chi connectivity index (χ1) is 5.52. The highest BCUT2D eigenvalue weighted by atomic mass is 127. The van der Waals surface area contributed by atoms with Gasteiger partial charge in [-0.1, -0.05) is 11.6 Å². The Morgan fingerprint density at radius 3 is 2.67 bits per heavy atom. The lowest BCUT2D eigenvalue weighted by molar-refractivity contribution is 0.101. The lowest BCUT2D eigenvalue weighted by Crippen LogP contribution is -1.97. The fourth-order valence-electron chi connectivity index (χ4n) is 0.792. The lowest BCUT2D eigenvalue weighted by Gasteiger charge is -2.01. The third-order valence-electron chi connectivity index (χ3n) is 1.39. The Bertz CT molecular complexity index is 338. The molecular weight excluding hydrogens is 293 g/mol. The number of benzene rings is 1. The molecule has 0 atom stereocenters. The molecule has 0 unspecified atom stereocenters. The molecule has 0 aliphatic heterocycles. The van der Waals surface area contributed by atoms with Gasteiger partial charge in [0.05, 0.1) is 5.02 Å². The van der Waals surface area contributed by atoms with Crippen molar-refractivity contribution in [1.29, 1.82) is 0 Å². The van der Waals surface area contributed by atoms with Crippen molar-refractivity contribution < 1.29 is 9.18 Å². The fraction of sp³-hybridized carbons (Fsp3) is 0.125. The summed E-state index contributed by atoms with van der Waals surface area (Å²) in [5, 5.41) is 0.0457. The van der Waals surface area contributed by atoms with Crippen LogP contribution >= 0.6 is 34.2 Å². The van der Waals surface area contributed by atoms with E-state index in [1.807, 2.05) is 22.6 Å². The van der Waals surface area contributed by atoms with Crippen LogP contribution < -0.4 is 0 Å². The van der Waals surface area contributed by atoms with E-state index < -0.39 is 5.82 Å². The van der Waals surface area contributed by atoms with Crippen molar-refractivity contribution in [3.05, 3.63) is 32.1 Å². The molecule has 1 rings (SSSR count). The number of ketones is 1. The van der Waals surface area contributed by atoms with Gasteiger partial charge < -0.3 is 0 Å². The highest BCUT2D eigenvalue weighted by Gasteiger charge is 2.09. The van der Waals surface area contributed by atoms with E-state index >= 15 is 0 Å². The van der Waals surface area contributed by atoms with Crippen molar-refractivity contribution in [2.24, 2.45) is 0 Å². The Labute approximate surface area is 88.1 Å². The summed E-state index contributed by atoms with van der Waals surface area (Å²) < 4.78 is 13.5. The second kappa shape index (κ2) is 3.70. The van der Waals surface area contributed by atoms with Gasteiger partial charge in [0.15, 0.2) is 5.78 Å². The molecule has 12 heavy (non-hydrogen) atoms. The Hall–Kier alpha value is -0.160. The number of carbonyl (C=O) groups excluding carboxylic acids is 1. The zero-order valence-electron chi connectivity index (χ0n) is 6.20. The lowest BCUT2D eigenvalue weighted by atomic mass is 10.1.